The molecule has 1 aliphatic rings. The van der Waals surface area contributed by atoms with E-state index in [1.165, 1.54) is 6.07 Å². The molecule has 0 spiro atoms. The Morgan fingerprint density at radius 3 is 2.86 bits per heavy atom. The highest BCUT2D eigenvalue weighted by molar-refractivity contribution is 5.74. The fraction of sp³-hybridized carbons (Fsp3) is 0.562. The van der Waals surface area contributed by atoms with Crippen molar-refractivity contribution in [3.05, 3.63) is 29.8 Å². The number of phenolic OH excluding ortho intramolecular Hbond substituents is 1. The van der Waals surface area contributed by atoms with Gasteiger partial charge in [0.2, 0.25) is 0 Å². The lowest BCUT2D eigenvalue weighted by atomic mass is 9.90. The minimum absolute atomic E-state index is 0.0891. The number of carbonyl (C=O) groups excluding carboxylic acids is 1. The van der Waals surface area contributed by atoms with Crippen LogP contribution in [0.4, 0.5) is 4.79 Å². The number of likely N-dealkylation sites (tertiary alicyclic amines) is 1. The molecule has 0 aliphatic carbocycles. The third-order valence-electron chi connectivity index (χ3n) is 4.18. The standard InChI is InChI=1S/C16H25N3O3/c1-16(6-7-19(2)11-16)10-17-15(22)18-14(9-20)12-4-3-5-13(21)8-12/h3-5,8,14,20-21H,6-7,9-11H2,1-2H3,(H2,17,18,22). The van der Waals surface area contributed by atoms with Crippen LogP contribution in [0, 0.1) is 5.41 Å². The van der Waals surface area contributed by atoms with Gasteiger partial charge in [0.1, 0.15) is 5.75 Å². The third kappa shape index (κ3) is 4.35. The first-order chi connectivity index (χ1) is 10.4. The van der Waals surface area contributed by atoms with Gasteiger partial charge in [0, 0.05) is 13.1 Å². The van der Waals surface area contributed by atoms with Gasteiger partial charge >= 0.3 is 6.03 Å². The zero-order valence-electron chi connectivity index (χ0n) is 13.2. The molecule has 1 aromatic rings. The average molecular weight is 307 g/mol. The molecule has 1 aliphatic heterocycles. The summed E-state index contributed by atoms with van der Waals surface area (Å²) >= 11 is 0. The molecular weight excluding hydrogens is 282 g/mol. The first-order valence-electron chi connectivity index (χ1n) is 7.54. The molecule has 2 amide bonds. The van der Waals surface area contributed by atoms with Crippen LogP contribution >= 0.6 is 0 Å². The summed E-state index contributed by atoms with van der Waals surface area (Å²) in [6.45, 7) is 4.54. The van der Waals surface area contributed by atoms with E-state index in [1.807, 2.05) is 0 Å². The van der Waals surface area contributed by atoms with Crippen LogP contribution in [0.5, 0.6) is 5.75 Å². The number of carbonyl (C=O) groups is 1. The third-order valence-corrected chi connectivity index (χ3v) is 4.18. The van der Waals surface area contributed by atoms with Gasteiger partial charge in [0.05, 0.1) is 12.6 Å². The average Bonchev–Trinajstić information content (AvgIpc) is 2.82. The molecule has 0 radical (unpaired) electrons. The monoisotopic (exact) mass is 307 g/mol. The van der Waals surface area contributed by atoms with Crippen LogP contribution in [0.25, 0.3) is 0 Å². The summed E-state index contributed by atoms with van der Waals surface area (Å²) in [5.74, 6) is 0.111. The molecule has 2 unspecified atom stereocenters. The summed E-state index contributed by atoms with van der Waals surface area (Å²) < 4.78 is 0. The number of amides is 2. The summed E-state index contributed by atoms with van der Waals surface area (Å²) in [5.41, 5.74) is 0.760. The molecule has 4 N–H and O–H groups in total. The molecule has 6 nitrogen and oxygen atoms in total. The minimum atomic E-state index is -0.536. The molecule has 2 atom stereocenters. The van der Waals surface area contributed by atoms with Crippen molar-refractivity contribution in [2.45, 2.75) is 19.4 Å². The Hall–Kier alpha value is -1.79. The molecule has 1 fully saturated rings. The fourth-order valence-electron chi connectivity index (χ4n) is 2.89. The number of hydrogen-bond donors (Lipinski definition) is 4. The molecule has 1 heterocycles. The van der Waals surface area contributed by atoms with E-state index in [0.29, 0.717) is 12.1 Å². The van der Waals surface area contributed by atoms with Crippen molar-refractivity contribution in [3.63, 3.8) is 0 Å². The number of nitrogens with zero attached hydrogens (tertiary/aromatic N) is 1. The number of rotatable bonds is 5. The highest BCUT2D eigenvalue weighted by Crippen LogP contribution is 2.27. The maximum Gasteiger partial charge on any atom is 0.315 e. The van der Waals surface area contributed by atoms with Crippen LogP contribution in [-0.2, 0) is 0 Å². The SMILES string of the molecule is CN1CCC(C)(CNC(=O)NC(CO)c2cccc(O)c2)C1. The molecular formula is C16H25N3O3. The first kappa shape index (κ1) is 16.6. The molecule has 1 saturated heterocycles. The Morgan fingerprint density at radius 2 is 2.27 bits per heavy atom. The molecule has 0 bridgehead atoms. The Labute approximate surface area is 131 Å². The lowest BCUT2D eigenvalue weighted by molar-refractivity contribution is 0.210. The number of benzene rings is 1. The van der Waals surface area contributed by atoms with Crippen molar-refractivity contribution >= 4 is 6.03 Å². The van der Waals surface area contributed by atoms with Gasteiger partial charge in [0.25, 0.3) is 0 Å². The predicted molar refractivity (Wildman–Crippen MR) is 84.7 cm³/mol. The number of nitrogens with one attached hydrogen (secondary N) is 2. The maximum absolute atomic E-state index is 12.0. The molecule has 1 aromatic carbocycles. The Bertz CT molecular complexity index is 523. The number of aromatic hydroxyl groups is 1. The van der Waals surface area contributed by atoms with Crippen molar-refractivity contribution in [1.82, 2.24) is 15.5 Å². The van der Waals surface area contributed by atoms with E-state index in [2.05, 4.69) is 29.5 Å². The minimum Gasteiger partial charge on any atom is -0.508 e. The molecule has 0 aromatic heterocycles. The fourth-order valence-corrected chi connectivity index (χ4v) is 2.89. The largest absolute Gasteiger partial charge is 0.508 e. The van der Waals surface area contributed by atoms with Gasteiger partial charge in [0.15, 0.2) is 0 Å². The molecule has 6 heteroatoms. The highest BCUT2D eigenvalue weighted by Gasteiger charge is 2.32. The van der Waals surface area contributed by atoms with Gasteiger partial charge in [-0.25, -0.2) is 4.79 Å². The van der Waals surface area contributed by atoms with Gasteiger partial charge in [-0.05, 0) is 43.1 Å². The normalized spacial score (nSPS) is 23.2. The van der Waals surface area contributed by atoms with Crippen molar-refractivity contribution in [3.8, 4) is 5.75 Å². The topological polar surface area (TPSA) is 84.8 Å². The second-order valence-electron chi connectivity index (χ2n) is 6.46. The van der Waals surface area contributed by atoms with Crippen molar-refractivity contribution in [1.29, 1.82) is 0 Å². The summed E-state index contributed by atoms with van der Waals surface area (Å²) in [6.07, 6.45) is 1.06. The van der Waals surface area contributed by atoms with Crippen molar-refractivity contribution in [2.24, 2.45) is 5.41 Å². The van der Waals surface area contributed by atoms with Gasteiger partial charge in [-0.15, -0.1) is 0 Å². The van der Waals surface area contributed by atoms with Crippen LogP contribution in [0.2, 0.25) is 0 Å². The van der Waals surface area contributed by atoms with Gasteiger partial charge in [-0.3, -0.25) is 0 Å². The molecule has 2 rings (SSSR count). The van der Waals surface area contributed by atoms with E-state index < -0.39 is 6.04 Å². The second-order valence-corrected chi connectivity index (χ2v) is 6.46. The molecule has 22 heavy (non-hydrogen) atoms. The number of aliphatic hydroxyl groups is 1. The smallest absolute Gasteiger partial charge is 0.315 e. The van der Waals surface area contributed by atoms with Gasteiger partial charge in [-0.1, -0.05) is 19.1 Å². The zero-order chi connectivity index (χ0) is 16.2. The van der Waals surface area contributed by atoms with E-state index in [-0.39, 0.29) is 23.8 Å². The van der Waals surface area contributed by atoms with Crippen LogP contribution < -0.4 is 10.6 Å². The summed E-state index contributed by atoms with van der Waals surface area (Å²) in [4.78, 5) is 14.3. The Balaban J connectivity index is 1.87. The van der Waals surface area contributed by atoms with E-state index >= 15 is 0 Å². The number of phenols is 1. The number of hydrogen-bond acceptors (Lipinski definition) is 4. The lowest BCUT2D eigenvalue weighted by Crippen LogP contribution is -2.44. The van der Waals surface area contributed by atoms with Gasteiger partial charge < -0.3 is 25.7 Å². The van der Waals surface area contributed by atoms with E-state index in [0.717, 1.165) is 19.5 Å². The van der Waals surface area contributed by atoms with Crippen molar-refractivity contribution < 1.29 is 15.0 Å². The van der Waals surface area contributed by atoms with E-state index in [9.17, 15) is 15.0 Å². The van der Waals surface area contributed by atoms with Crippen LogP contribution in [0.15, 0.2) is 24.3 Å². The molecule has 0 saturated carbocycles. The zero-order valence-corrected chi connectivity index (χ0v) is 13.2. The highest BCUT2D eigenvalue weighted by atomic mass is 16.3. The first-order valence-corrected chi connectivity index (χ1v) is 7.54. The summed E-state index contributed by atoms with van der Waals surface area (Å²) in [7, 11) is 2.08. The van der Waals surface area contributed by atoms with Crippen LogP contribution in [0.3, 0.4) is 0 Å². The van der Waals surface area contributed by atoms with E-state index in [1.54, 1.807) is 18.2 Å². The number of aliphatic hydroxyl groups excluding tert-OH is 1. The van der Waals surface area contributed by atoms with Crippen molar-refractivity contribution in [2.75, 3.05) is 33.3 Å². The second kappa shape index (κ2) is 6.98. The van der Waals surface area contributed by atoms with Crippen LogP contribution in [-0.4, -0.2) is 54.4 Å². The van der Waals surface area contributed by atoms with Crippen LogP contribution in [0.1, 0.15) is 24.9 Å². The number of urea groups is 1. The van der Waals surface area contributed by atoms with Gasteiger partial charge in [-0.2, -0.15) is 0 Å². The lowest BCUT2D eigenvalue weighted by Gasteiger charge is -2.25. The Morgan fingerprint density at radius 1 is 1.50 bits per heavy atom. The quantitative estimate of drug-likeness (QED) is 0.655. The maximum atomic E-state index is 12.0. The molecule has 122 valence electrons. The summed E-state index contributed by atoms with van der Waals surface area (Å²) in [5, 5.41) is 24.6. The predicted octanol–water partition coefficient (Wildman–Crippen LogP) is 1.07. The van der Waals surface area contributed by atoms with E-state index in [4.69, 9.17) is 0 Å². The summed E-state index contributed by atoms with van der Waals surface area (Å²) in [6, 6.07) is 5.68. The Kier molecular flexibility index (Phi) is 5.26.